The molecule has 0 bridgehead atoms. The molecule has 144 valence electrons. The summed E-state index contributed by atoms with van der Waals surface area (Å²) in [5, 5.41) is 3.02. The third-order valence-corrected chi connectivity index (χ3v) is 4.74. The maximum atomic E-state index is 13.2. The summed E-state index contributed by atoms with van der Waals surface area (Å²) in [6, 6.07) is 5.53. The molecule has 1 saturated heterocycles. The first-order valence-electron chi connectivity index (χ1n) is 9.03. The number of hydrogen-bond donors (Lipinski definition) is 2. The van der Waals surface area contributed by atoms with Crippen LogP contribution in [0.25, 0.3) is 0 Å². The average Bonchev–Trinajstić information content (AvgIpc) is 3.15. The predicted molar refractivity (Wildman–Crippen MR) is 101 cm³/mol. The Kier molecular flexibility index (Phi) is 6.85. The molecule has 1 aromatic carbocycles. The van der Waals surface area contributed by atoms with E-state index in [2.05, 4.69) is 5.32 Å². The lowest BCUT2D eigenvalue weighted by molar-refractivity contribution is -0.151. The number of nitrogens with two attached hydrogens (primary N) is 1. The molecule has 7 nitrogen and oxygen atoms in total. The van der Waals surface area contributed by atoms with Crippen molar-refractivity contribution in [3.8, 4) is 0 Å². The van der Waals surface area contributed by atoms with Crippen molar-refractivity contribution in [1.29, 1.82) is 0 Å². The highest BCUT2D eigenvalue weighted by atomic mass is 16.6. The fourth-order valence-electron chi connectivity index (χ4n) is 3.21. The van der Waals surface area contributed by atoms with Crippen LogP contribution in [0.2, 0.25) is 0 Å². The zero-order chi connectivity index (χ0) is 19.2. The van der Waals surface area contributed by atoms with Gasteiger partial charge in [-0.05, 0) is 44.4 Å². The molecule has 1 atom stereocenters. The molecule has 7 heteroatoms. The number of rotatable bonds is 8. The predicted octanol–water partition coefficient (Wildman–Crippen LogP) is 1.77. The van der Waals surface area contributed by atoms with Crippen molar-refractivity contribution in [2.45, 2.75) is 32.1 Å². The Morgan fingerprint density at radius 3 is 2.58 bits per heavy atom. The van der Waals surface area contributed by atoms with Gasteiger partial charge in [0.1, 0.15) is 6.61 Å². The van der Waals surface area contributed by atoms with Gasteiger partial charge in [0, 0.05) is 20.1 Å². The van der Waals surface area contributed by atoms with Gasteiger partial charge in [-0.15, -0.1) is 0 Å². The molecule has 1 aliphatic rings. The molecule has 0 radical (unpaired) electrons. The Bertz CT molecular complexity index is 644. The second-order valence-corrected chi connectivity index (χ2v) is 6.68. The largest absolute Gasteiger partial charge is 0.464 e. The molecule has 0 aromatic heterocycles. The molecule has 3 N–H and O–H groups in total. The minimum absolute atomic E-state index is 0.00420. The number of esters is 1. The van der Waals surface area contributed by atoms with Gasteiger partial charge in [-0.25, -0.2) is 4.79 Å². The van der Waals surface area contributed by atoms with Gasteiger partial charge in [-0.2, -0.15) is 0 Å². The second kappa shape index (κ2) is 8.89. The van der Waals surface area contributed by atoms with E-state index < -0.39 is 11.4 Å². The van der Waals surface area contributed by atoms with Crippen molar-refractivity contribution >= 4 is 23.3 Å². The molecule has 26 heavy (non-hydrogen) atoms. The van der Waals surface area contributed by atoms with E-state index in [1.54, 1.807) is 20.0 Å². The Balaban J connectivity index is 2.24. The summed E-state index contributed by atoms with van der Waals surface area (Å²) >= 11 is 0. The molecule has 0 aliphatic carbocycles. The standard InChI is InChI=1S/C19H29N3O4/c1-4-26-17(23)12-25-13-19(2,18(24)22-9-5-6-10-22)14-7-8-16(21-3)15(20)11-14/h7-8,11,21H,4-6,9-10,12-13,20H2,1-3H3. The molecule has 1 aromatic rings. The van der Waals surface area contributed by atoms with Crippen LogP contribution in [-0.4, -0.2) is 56.7 Å². The molecular formula is C19H29N3O4. The van der Waals surface area contributed by atoms with Crippen LogP contribution in [0.15, 0.2) is 18.2 Å². The van der Waals surface area contributed by atoms with E-state index in [1.165, 1.54) is 0 Å². The van der Waals surface area contributed by atoms with Gasteiger partial charge >= 0.3 is 5.97 Å². The fraction of sp³-hybridized carbons (Fsp3) is 0.579. The zero-order valence-corrected chi connectivity index (χ0v) is 15.8. The number of likely N-dealkylation sites (tertiary alicyclic amines) is 1. The van der Waals surface area contributed by atoms with Crippen molar-refractivity contribution in [1.82, 2.24) is 4.90 Å². The highest BCUT2D eigenvalue weighted by Crippen LogP contribution is 2.32. The number of carbonyl (C=O) groups excluding carboxylic acids is 2. The van der Waals surface area contributed by atoms with Gasteiger partial charge in [0.05, 0.1) is 30.0 Å². The monoisotopic (exact) mass is 363 g/mol. The van der Waals surface area contributed by atoms with Crippen LogP contribution in [0, 0.1) is 0 Å². The molecule has 1 fully saturated rings. The van der Waals surface area contributed by atoms with E-state index in [1.807, 2.05) is 24.0 Å². The summed E-state index contributed by atoms with van der Waals surface area (Å²) in [5.74, 6) is -0.441. The van der Waals surface area contributed by atoms with Crippen LogP contribution in [0.4, 0.5) is 11.4 Å². The van der Waals surface area contributed by atoms with Gasteiger partial charge in [0.2, 0.25) is 5.91 Å². The Morgan fingerprint density at radius 1 is 1.31 bits per heavy atom. The summed E-state index contributed by atoms with van der Waals surface area (Å²) in [5.41, 5.74) is 7.32. The summed E-state index contributed by atoms with van der Waals surface area (Å²) in [4.78, 5) is 26.6. The number of carbonyl (C=O) groups is 2. The number of anilines is 2. The van der Waals surface area contributed by atoms with E-state index in [4.69, 9.17) is 15.2 Å². The fourth-order valence-corrected chi connectivity index (χ4v) is 3.21. The lowest BCUT2D eigenvalue weighted by Gasteiger charge is -2.33. The minimum Gasteiger partial charge on any atom is -0.464 e. The highest BCUT2D eigenvalue weighted by molar-refractivity contribution is 5.89. The van der Waals surface area contributed by atoms with Crippen LogP contribution < -0.4 is 11.1 Å². The first-order valence-corrected chi connectivity index (χ1v) is 9.03. The SMILES string of the molecule is CCOC(=O)COCC(C)(C(=O)N1CCCC1)c1ccc(NC)c(N)c1. The van der Waals surface area contributed by atoms with Crippen molar-refractivity contribution in [2.24, 2.45) is 0 Å². The smallest absolute Gasteiger partial charge is 0.332 e. The van der Waals surface area contributed by atoms with E-state index in [0.29, 0.717) is 12.3 Å². The second-order valence-electron chi connectivity index (χ2n) is 6.68. The minimum atomic E-state index is -0.919. The van der Waals surface area contributed by atoms with Crippen molar-refractivity contribution in [2.75, 3.05) is 51.0 Å². The van der Waals surface area contributed by atoms with Crippen LogP contribution in [0.5, 0.6) is 0 Å². The number of ether oxygens (including phenoxy) is 2. The summed E-state index contributed by atoms with van der Waals surface area (Å²) in [7, 11) is 1.79. The maximum Gasteiger partial charge on any atom is 0.332 e. The molecule has 1 aliphatic heterocycles. The Morgan fingerprint density at radius 2 is 2.00 bits per heavy atom. The van der Waals surface area contributed by atoms with Crippen LogP contribution in [0.1, 0.15) is 32.3 Å². The van der Waals surface area contributed by atoms with E-state index in [9.17, 15) is 9.59 Å². The van der Waals surface area contributed by atoms with Crippen molar-refractivity contribution in [3.63, 3.8) is 0 Å². The van der Waals surface area contributed by atoms with E-state index in [-0.39, 0.29) is 19.1 Å². The number of nitrogens with one attached hydrogen (secondary N) is 1. The van der Waals surface area contributed by atoms with Crippen LogP contribution >= 0.6 is 0 Å². The topological polar surface area (TPSA) is 93.9 Å². The maximum absolute atomic E-state index is 13.2. The number of amides is 1. The Labute approximate surface area is 154 Å². The molecule has 0 spiro atoms. The van der Waals surface area contributed by atoms with Gasteiger partial charge in [-0.3, -0.25) is 4.79 Å². The van der Waals surface area contributed by atoms with Crippen LogP contribution in [-0.2, 0) is 24.5 Å². The number of nitrogens with zero attached hydrogens (tertiary/aromatic N) is 1. The lowest BCUT2D eigenvalue weighted by atomic mass is 9.81. The van der Waals surface area contributed by atoms with Gasteiger partial charge in [0.25, 0.3) is 0 Å². The summed E-state index contributed by atoms with van der Waals surface area (Å²) < 4.78 is 10.5. The third-order valence-electron chi connectivity index (χ3n) is 4.74. The molecule has 2 rings (SSSR count). The van der Waals surface area contributed by atoms with Gasteiger partial charge in [-0.1, -0.05) is 6.07 Å². The summed E-state index contributed by atoms with van der Waals surface area (Å²) in [6.07, 6.45) is 2.01. The molecule has 1 unspecified atom stereocenters. The quantitative estimate of drug-likeness (QED) is 0.540. The Hall–Kier alpha value is -2.28. The van der Waals surface area contributed by atoms with Crippen LogP contribution in [0.3, 0.4) is 0 Å². The third kappa shape index (κ3) is 4.46. The van der Waals surface area contributed by atoms with Gasteiger partial charge in [0.15, 0.2) is 0 Å². The zero-order valence-electron chi connectivity index (χ0n) is 15.8. The molecule has 0 saturated carbocycles. The molecule has 1 heterocycles. The highest BCUT2D eigenvalue weighted by Gasteiger charge is 2.40. The summed E-state index contributed by atoms with van der Waals surface area (Å²) in [6.45, 7) is 5.28. The normalized spacial score (nSPS) is 16.2. The van der Waals surface area contributed by atoms with E-state index in [0.717, 1.165) is 37.2 Å². The number of hydrogen-bond acceptors (Lipinski definition) is 6. The average molecular weight is 363 g/mol. The van der Waals surface area contributed by atoms with E-state index >= 15 is 0 Å². The first-order chi connectivity index (χ1) is 12.4. The van der Waals surface area contributed by atoms with Gasteiger partial charge < -0.3 is 25.4 Å². The molecule has 1 amide bonds. The first kappa shape index (κ1) is 20.0. The number of nitrogen functional groups attached to an aromatic ring is 1. The molecular weight excluding hydrogens is 334 g/mol. The van der Waals surface area contributed by atoms with Crippen molar-refractivity contribution in [3.05, 3.63) is 23.8 Å². The van der Waals surface area contributed by atoms with Crippen molar-refractivity contribution < 1.29 is 19.1 Å². The number of benzene rings is 1. The lowest BCUT2D eigenvalue weighted by Crippen LogP contribution is -2.47.